The van der Waals surface area contributed by atoms with Gasteiger partial charge in [0, 0.05) is 6.20 Å². The van der Waals surface area contributed by atoms with Crippen LogP contribution in [0, 0.1) is 0 Å². The summed E-state index contributed by atoms with van der Waals surface area (Å²) < 4.78 is 0. The maximum Gasteiger partial charge on any atom is 0.340 e. The highest BCUT2D eigenvalue weighted by Crippen LogP contribution is 2.13. The fourth-order valence-corrected chi connectivity index (χ4v) is 0.871. The molecule has 0 amide bonds. The van der Waals surface area contributed by atoms with Crippen molar-refractivity contribution < 1.29 is 9.90 Å². The highest BCUT2D eigenvalue weighted by molar-refractivity contribution is 6.33. The number of carboxylic acids is 1. The zero-order chi connectivity index (χ0) is 8.43. The Hall–Kier alpha value is -0.580. The van der Waals surface area contributed by atoms with Crippen LogP contribution in [0.2, 0.25) is 10.4 Å². The smallest absolute Gasteiger partial charge is 0.340 e. The van der Waals surface area contributed by atoms with Crippen molar-refractivity contribution in [2.75, 3.05) is 0 Å². The molecule has 0 saturated carbocycles. The van der Waals surface area contributed by atoms with Crippen LogP contribution in [0.25, 0.3) is 0 Å². The van der Waals surface area contributed by atoms with Crippen molar-refractivity contribution in [1.82, 2.24) is 9.97 Å². The van der Waals surface area contributed by atoms with Gasteiger partial charge in [-0.1, -0.05) is 11.6 Å². The lowest BCUT2D eigenvalue weighted by molar-refractivity contribution is 0.0696. The Morgan fingerprint density at radius 1 is 1.50 bits per heavy atom. The first-order valence-corrected chi connectivity index (χ1v) is 3.28. The second-order valence-electron chi connectivity index (χ2n) is 1.65. The molecule has 1 N–H and O–H groups in total. The van der Waals surface area contributed by atoms with Crippen LogP contribution in [0.5, 0.6) is 0 Å². The zero-order valence-corrected chi connectivity index (χ0v) is 7.82. The first kappa shape index (κ1) is 11.4. The highest BCUT2D eigenvalue weighted by atomic mass is 35.5. The van der Waals surface area contributed by atoms with Gasteiger partial charge in [-0.15, -0.1) is 12.4 Å². The number of hydrogen-bond acceptors (Lipinski definition) is 3. The van der Waals surface area contributed by atoms with Crippen LogP contribution < -0.4 is 0 Å². The van der Waals surface area contributed by atoms with Crippen molar-refractivity contribution in [2.45, 2.75) is 0 Å². The molecule has 0 saturated heterocycles. The molecule has 1 rings (SSSR count). The number of rotatable bonds is 1. The van der Waals surface area contributed by atoms with Crippen LogP contribution in [0.4, 0.5) is 0 Å². The molecule has 1 aromatic rings. The van der Waals surface area contributed by atoms with E-state index in [1.54, 1.807) is 0 Å². The average molecular weight is 229 g/mol. The van der Waals surface area contributed by atoms with E-state index in [-0.39, 0.29) is 28.4 Å². The fraction of sp³-hybridized carbons (Fsp3) is 0. The molecule has 0 fully saturated rings. The molecule has 1 aromatic heterocycles. The highest BCUT2D eigenvalue weighted by Gasteiger charge is 2.10. The summed E-state index contributed by atoms with van der Waals surface area (Å²) in [4.78, 5) is 17.2. The van der Waals surface area contributed by atoms with Gasteiger partial charge in [0.1, 0.15) is 10.7 Å². The predicted molar refractivity (Wildman–Crippen MR) is 46.3 cm³/mol. The van der Waals surface area contributed by atoms with E-state index in [0.29, 0.717) is 0 Å². The largest absolute Gasteiger partial charge is 0.478 e. The van der Waals surface area contributed by atoms with E-state index in [1.807, 2.05) is 0 Å². The van der Waals surface area contributed by atoms with E-state index in [2.05, 4.69) is 9.97 Å². The molecule has 0 aliphatic carbocycles. The summed E-state index contributed by atoms with van der Waals surface area (Å²) in [6.45, 7) is 0. The summed E-state index contributed by atoms with van der Waals surface area (Å²) in [5.74, 6) is -1.17. The lowest BCUT2D eigenvalue weighted by Crippen LogP contribution is -2.00. The Morgan fingerprint density at radius 3 is 2.50 bits per heavy atom. The third kappa shape index (κ3) is 2.48. The molecule has 0 unspecified atom stereocenters. The molecule has 0 aliphatic rings. The Kier molecular flexibility index (Phi) is 4.23. The van der Waals surface area contributed by atoms with Crippen LogP contribution in [-0.2, 0) is 0 Å². The van der Waals surface area contributed by atoms with Gasteiger partial charge in [0.2, 0.25) is 5.28 Å². The molecule has 4 nitrogen and oxygen atoms in total. The molecule has 66 valence electrons. The van der Waals surface area contributed by atoms with Crippen molar-refractivity contribution in [2.24, 2.45) is 0 Å². The number of halogens is 3. The number of aromatic carboxylic acids is 1. The second kappa shape index (κ2) is 4.45. The monoisotopic (exact) mass is 228 g/mol. The minimum atomic E-state index is -1.17. The number of nitrogens with zero attached hydrogens (tertiary/aromatic N) is 2. The van der Waals surface area contributed by atoms with E-state index in [9.17, 15) is 4.79 Å². The summed E-state index contributed by atoms with van der Waals surface area (Å²) in [7, 11) is 0. The van der Waals surface area contributed by atoms with E-state index in [4.69, 9.17) is 28.3 Å². The van der Waals surface area contributed by atoms with Gasteiger partial charge in [0.05, 0.1) is 0 Å². The SMILES string of the molecule is Cl.O=C(O)c1cnc(Cl)nc1Cl. The summed E-state index contributed by atoms with van der Waals surface area (Å²) in [6.07, 6.45) is 1.06. The molecule has 0 aromatic carbocycles. The summed E-state index contributed by atoms with van der Waals surface area (Å²) in [5.41, 5.74) is -0.156. The number of carboxylic acid groups (broad SMARTS) is 1. The molecule has 7 heteroatoms. The third-order valence-corrected chi connectivity index (χ3v) is 1.41. The van der Waals surface area contributed by atoms with Crippen molar-refractivity contribution in [3.05, 3.63) is 22.2 Å². The first-order valence-electron chi connectivity index (χ1n) is 2.52. The van der Waals surface area contributed by atoms with Crippen LogP contribution >= 0.6 is 35.6 Å². The molecule has 0 radical (unpaired) electrons. The first-order chi connectivity index (χ1) is 5.11. The van der Waals surface area contributed by atoms with Crippen molar-refractivity contribution >= 4 is 41.6 Å². The minimum absolute atomic E-state index is 0. The van der Waals surface area contributed by atoms with Crippen LogP contribution in [0.1, 0.15) is 10.4 Å². The normalized spacial score (nSPS) is 8.83. The number of hydrogen-bond donors (Lipinski definition) is 1. The minimum Gasteiger partial charge on any atom is -0.478 e. The lowest BCUT2D eigenvalue weighted by Gasteiger charge is -1.95. The fourth-order valence-electron chi connectivity index (χ4n) is 0.485. The number of carbonyl (C=O) groups is 1. The van der Waals surface area contributed by atoms with Gasteiger partial charge in [0.25, 0.3) is 0 Å². The Morgan fingerprint density at radius 2 is 2.08 bits per heavy atom. The maximum absolute atomic E-state index is 10.3. The van der Waals surface area contributed by atoms with Gasteiger partial charge in [-0.3, -0.25) is 0 Å². The predicted octanol–water partition coefficient (Wildman–Crippen LogP) is 1.90. The van der Waals surface area contributed by atoms with Gasteiger partial charge in [-0.05, 0) is 11.6 Å². The van der Waals surface area contributed by atoms with Crippen LogP contribution in [0.15, 0.2) is 6.20 Å². The molecule has 1 heterocycles. The third-order valence-electron chi connectivity index (χ3n) is 0.943. The van der Waals surface area contributed by atoms with Gasteiger partial charge < -0.3 is 5.11 Å². The molecule has 12 heavy (non-hydrogen) atoms. The maximum atomic E-state index is 10.3. The Labute approximate surface area is 84.0 Å². The van der Waals surface area contributed by atoms with E-state index in [0.717, 1.165) is 6.20 Å². The molecule has 0 spiro atoms. The number of aromatic nitrogens is 2. The second-order valence-corrected chi connectivity index (χ2v) is 2.34. The summed E-state index contributed by atoms with van der Waals surface area (Å²) in [5, 5.41) is 8.22. The van der Waals surface area contributed by atoms with Crippen LogP contribution in [0.3, 0.4) is 0 Å². The Bertz CT molecular complexity index is 305. The van der Waals surface area contributed by atoms with Crippen molar-refractivity contribution in [3.8, 4) is 0 Å². The van der Waals surface area contributed by atoms with E-state index >= 15 is 0 Å². The van der Waals surface area contributed by atoms with Gasteiger partial charge >= 0.3 is 5.97 Å². The quantitative estimate of drug-likeness (QED) is 0.590. The molecular formula is C5H3Cl3N2O2. The standard InChI is InChI=1S/C5H2Cl2N2O2.ClH/c6-3-2(4(10)11)1-8-5(7)9-3;/h1H,(H,10,11);1H. The lowest BCUT2D eigenvalue weighted by atomic mass is 10.3. The van der Waals surface area contributed by atoms with Gasteiger partial charge in [0.15, 0.2) is 0 Å². The van der Waals surface area contributed by atoms with E-state index < -0.39 is 5.97 Å². The van der Waals surface area contributed by atoms with Crippen LogP contribution in [-0.4, -0.2) is 21.0 Å². The molecule has 0 bridgehead atoms. The Balaban J connectivity index is 0.00000121. The topological polar surface area (TPSA) is 63.1 Å². The van der Waals surface area contributed by atoms with Gasteiger partial charge in [-0.2, -0.15) is 0 Å². The molecule has 0 atom stereocenters. The van der Waals surface area contributed by atoms with Crippen molar-refractivity contribution in [3.63, 3.8) is 0 Å². The average Bonchev–Trinajstić information content (AvgIpc) is 1.85. The van der Waals surface area contributed by atoms with E-state index in [1.165, 1.54) is 0 Å². The molecule has 0 aliphatic heterocycles. The molecular weight excluding hydrogens is 226 g/mol. The van der Waals surface area contributed by atoms with Gasteiger partial charge in [-0.25, -0.2) is 14.8 Å². The van der Waals surface area contributed by atoms with Crippen molar-refractivity contribution in [1.29, 1.82) is 0 Å². The zero-order valence-electron chi connectivity index (χ0n) is 5.49. The summed E-state index contributed by atoms with van der Waals surface area (Å²) in [6, 6.07) is 0. The summed E-state index contributed by atoms with van der Waals surface area (Å²) >= 11 is 10.7.